The lowest BCUT2D eigenvalue weighted by Gasteiger charge is -2.36. The molecular weight excluding hydrogens is 234 g/mol. The van der Waals surface area contributed by atoms with Crippen molar-refractivity contribution in [3.8, 4) is 0 Å². The van der Waals surface area contributed by atoms with Crippen molar-refractivity contribution in [3.63, 3.8) is 0 Å². The lowest BCUT2D eigenvalue weighted by atomic mass is 9.44. The van der Waals surface area contributed by atoms with Crippen LogP contribution in [-0.2, 0) is 0 Å². The van der Waals surface area contributed by atoms with Gasteiger partial charge in [0, 0.05) is 3.92 Å². The molecule has 0 aromatic rings. The maximum atomic E-state index is 2.63. The molecule has 10 heavy (non-hydrogen) atoms. The van der Waals surface area contributed by atoms with Crippen LogP contribution >= 0.6 is 22.6 Å². The van der Waals surface area contributed by atoms with E-state index in [0.29, 0.717) is 0 Å². The van der Waals surface area contributed by atoms with E-state index >= 15 is 0 Å². The highest BCUT2D eigenvalue weighted by molar-refractivity contribution is 14.1. The van der Waals surface area contributed by atoms with Gasteiger partial charge in [-0.3, -0.25) is 0 Å². The van der Waals surface area contributed by atoms with Crippen LogP contribution in [0.15, 0.2) is 0 Å². The molecule has 2 heterocycles. The van der Waals surface area contributed by atoms with Gasteiger partial charge in [0.15, 0.2) is 0 Å². The molecule has 0 spiro atoms. The molecule has 2 fully saturated rings. The molecule has 3 atom stereocenters. The van der Waals surface area contributed by atoms with Crippen molar-refractivity contribution in [2.24, 2.45) is 0 Å². The highest BCUT2D eigenvalue weighted by Gasteiger charge is 2.32. The zero-order valence-corrected chi connectivity index (χ0v) is 8.38. The number of rotatable bonds is 0. The summed E-state index contributed by atoms with van der Waals surface area (Å²) in [6.45, 7) is 0. The molecule has 0 amide bonds. The summed E-state index contributed by atoms with van der Waals surface area (Å²) >= 11 is 2.63. The van der Waals surface area contributed by atoms with Crippen LogP contribution in [0, 0.1) is 0 Å². The molecule has 0 nitrogen and oxygen atoms in total. The van der Waals surface area contributed by atoms with Crippen molar-refractivity contribution < 1.29 is 0 Å². The van der Waals surface area contributed by atoms with E-state index in [2.05, 4.69) is 29.9 Å². The molecule has 0 aromatic heterocycles. The normalized spacial score (nSPS) is 46.3. The van der Waals surface area contributed by atoms with Gasteiger partial charge in [-0.15, -0.1) is 0 Å². The lowest BCUT2D eigenvalue weighted by molar-refractivity contribution is 0.471. The van der Waals surface area contributed by atoms with Gasteiger partial charge >= 0.3 is 0 Å². The van der Waals surface area contributed by atoms with E-state index in [1.807, 2.05) is 0 Å². The molecular formula is C8H13BI. The maximum absolute atomic E-state index is 2.63. The third-order valence-electron chi connectivity index (χ3n) is 2.91. The standard InChI is InChI=1S/C8H13BI/c10-8-5-4-6-2-1-3-7(8)9-6/h6-8H,1-5H2. The first-order valence-electron chi connectivity index (χ1n) is 4.35. The second-order valence-corrected chi connectivity index (χ2v) is 5.24. The van der Waals surface area contributed by atoms with E-state index in [4.69, 9.17) is 0 Å². The Balaban J connectivity index is 2.00. The minimum Gasteiger partial charge on any atom is -0.0831 e. The van der Waals surface area contributed by atoms with Gasteiger partial charge in [0.25, 0.3) is 0 Å². The second kappa shape index (κ2) is 3.04. The molecule has 2 aliphatic heterocycles. The minimum atomic E-state index is 0.967. The molecule has 0 N–H and O–H groups in total. The third kappa shape index (κ3) is 1.36. The molecule has 2 heteroatoms. The molecule has 2 aliphatic rings. The van der Waals surface area contributed by atoms with Crippen molar-refractivity contribution in [3.05, 3.63) is 0 Å². The highest BCUT2D eigenvalue weighted by atomic mass is 127. The van der Waals surface area contributed by atoms with Crippen LogP contribution in [0.4, 0.5) is 0 Å². The van der Waals surface area contributed by atoms with Crippen LogP contribution in [0.1, 0.15) is 32.1 Å². The maximum Gasteiger partial charge on any atom is 0.119 e. The van der Waals surface area contributed by atoms with Crippen molar-refractivity contribution in [2.75, 3.05) is 0 Å². The summed E-state index contributed by atoms with van der Waals surface area (Å²) in [7, 11) is 2.63. The van der Waals surface area contributed by atoms with Gasteiger partial charge in [0.1, 0.15) is 7.28 Å². The monoisotopic (exact) mass is 247 g/mol. The zero-order chi connectivity index (χ0) is 6.97. The molecule has 1 radical (unpaired) electrons. The fourth-order valence-electron chi connectivity index (χ4n) is 2.29. The Kier molecular flexibility index (Phi) is 2.26. The Labute approximate surface area is 77.5 Å². The predicted octanol–water partition coefficient (Wildman–Crippen LogP) is 3.05. The van der Waals surface area contributed by atoms with Crippen molar-refractivity contribution in [2.45, 2.75) is 47.7 Å². The first-order chi connectivity index (χ1) is 4.86. The highest BCUT2D eigenvalue weighted by Crippen LogP contribution is 2.44. The van der Waals surface area contributed by atoms with Crippen LogP contribution in [-0.4, -0.2) is 11.2 Å². The first kappa shape index (κ1) is 7.44. The van der Waals surface area contributed by atoms with Crippen LogP contribution in [0.2, 0.25) is 11.6 Å². The summed E-state index contributed by atoms with van der Waals surface area (Å²) in [6.07, 6.45) is 7.41. The fourth-order valence-corrected chi connectivity index (χ4v) is 3.25. The number of halogens is 1. The summed E-state index contributed by atoms with van der Waals surface area (Å²) < 4.78 is 0.967. The van der Waals surface area contributed by atoms with Crippen molar-refractivity contribution >= 4 is 29.9 Å². The Hall–Kier alpha value is 0.795. The van der Waals surface area contributed by atoms with E-state index in [-0.39, 0.29) is 0 Å². The SMILES string of the molecule is IC1CCC2[B]C1CCC2. The van der Waals surface area contributed by atoms with E-state index in [1.54, 1.807) is 0 Å². The molecule has 3 unspecified atom stereocenters. The second-order valence-electron chi connectivity index (χ2n) is 3.64. The van der Waals surface area contributed by atoms with Gasteiger partial charge in [-0.2, -0.15) is 0 Å². The van der Waals surface area contributed by atoms with Gasteiger partial charge in [-0.25, -0.2) is 0 Å². The summed E-state index contributed by atoms with van der Waals surface area (Å²) in [5.41, 5.74) is 0. The van der Waals surface area contributed by atoms with E-state index in [9.17, 15) is 0 Å². The summed E-state index contributed by atoms with van der Waals surface area (Å²) in [5, 5.41) is 0. The van der Waals surface area contributed by atoms with Crippen molar-refractivity contribution in [1.29, 1.82) is 0 Å². The topological polar surface area (TPSA) is 0 Å². The lowest BCUT2D eigenvalue weighted by Crippen LogP contribution is -2.28. The molecule has 0 aromatic carbocycles. The largest absolute Gasteiger partial charge is 0.119 e. The molecule has 2 rings (SSSR count). The van der Waals surface area contributed by atoms with E-state index in [0.717, 1.165) is 15.6 Å². The first-order valence-corrected chi connectivity index (χ1v) is 5.60. The van der Waals surface area contributed by atoms with Crippen LogP contribution in [0.3, 0.4) is 0 Å². The molecule has 0 aliphatic carbocycles. The predicted molar refractivity (Wildman–Crippen MR) is 54.1 cm³/mol. The van der Waals surface area contributed by atoms with Gasteiger partial charge < -0.3 is 0 Å². The Morgan fingerprint density at radius 1 is 1.10 bits per heavy atom. The minimum absolute atomic E-state index is 0.967. The molecule has 2 bridgehead atoms. The third-order valence-corrected chi connectivity index (χ3v) is 4.46. The van der Waals surface area contributed by atoms with Gasteiger partial charge in [0.05, 0.1) is 0 Å². The van der Waals surface area contributed by atoms with Crippen LogP contribution < -0.4 is 0 Å². The number of fused-ring (bicyclic) bond motifs is 2. The smallest absolute Gasteiger partial charge is 0.0831 e. The van der Waals surface area contributed by atoms with Crippen LogP contribution in [0.25, 0.3) is 0 Å². The molecule has 55 valence electrons. The summed E-state index contributed by atoms with van der Waals surface area (Å²) in [6, 6.07) is 0. The average molecular weight is 247 g/mol. The zero-order valence-electron chi connectivity index (χ0n) is 6.22. The van der Waals surface area contributed by atoms with Gasteiger partial charge in [-0.1, -0.05) is 59.9 Å². The Morgan fingerprint density at radius 3 is 2.80 bits per heavy atom. The number of hydrogen-bond acceptors (Lipinski definition) is 0. The van der Waals surface area contributed by atoms with Gasteiger partial charge in [0.2, 0.25) is 0 Å². The van der Waals surface area contributed by atoms with E-state index < -0.39 is 0 Å². The number of hydrogen-bond donors (Lipinski definition) is 0. The van der Waals surface area contributed by atoms with E-state index in [1.165, 1.54) is 32.1 Å². The molecule has 0 saturated carbocycles. The summed E-state index contributed by atoms with van der Waals surface area (Å²) in [5.74, 6) is 1.98. The average Bonchev–Trinajstić information content (AvgIpc) is 1.99. The summed E-state index contributed by atoms with van der Waals surface area (Å²) in [4.78, 5) is 0. The van der Waals surface area contributed by atoms with Crippen LogP contribution in [0.5, 0.6) is 0 Å². The quantitative estimate of drug-likeness (QED) is 0.350. The van der Waals surface area contributed by atoms with Gasteiger partial charge in [-0.05, 0) is 6.42 Å². The van der Waals surface area contributed by atoms with Crippen molar-refractivity contribution in [1.82, 2.24) is 0 Å². The Morgan fingerprint density at radius 2 is 2.00 bits per heavy atom. The fraction of sp³-hybridized carbons (Fsp3) is 1.00. The number of alkyl halides is 1. The Bertz CT molecular complexity index is 124. The molecule has 2 saturated heterocycles.